The first-order valence-electron chi connectivity index (χ1n) is 8.16. The van der Waals surface area contributed by atoms with Crippen LogP contribution >= 0.6 is 0 Å². The van der Waals surface area contributed by atoms with Crippen LogP contribution in [0.15, 0.2) is 60.7 Å². The Kier molecular flexibility index (Phi) is 7.02. The molecule has 0 aliphatic carbocycles. The first-order chi connectivity index (χ1) is 11.6. The molecule has 0 aliphatic rings. The van der Waals surface area contributed by atoms with E-state index in [2.05, 4.69) is 5.32 Å². The van der Waals surface area contributed by atoms with Crippen molar-refractivity contribution < 1.29 is 14.3 Å². The van der Waals surface area contributed by atoms with Gasteiger partial charge in [-0.05, 0) is 23.5 Å². The van der Waals surface area contributed by atoms with Gasteiger partial charge in [-0.1, -0.05) is 67.6 Å². The van der Waals surface area contributed by atoms with E-state index in [1.54, 1.807) is 0 Å². The van der Waals surface area contributed by atoms with E-state index in [0.29, 0.717) is 13.0 Å². The number of amides is 1. The van der Waals surface area contributed by atoms with Gasteiger partial charge in [0.2, 0.25) is 0 Å². The minimum absolute atomic E-state index is 0.212. The van der Waals surface area contributed by atoms with Gasteiger partial charge < -0.3 is 10.1 Å². The predicted molar refractivity (Wildman–Crippen MR) is 93.6 cm³/mol. The maximum absolute atomic E-state index is 11.8. The van der Waals surface area contributed by atoms with Crippen molar-refractivity contribution in [1.29, 1.82) is 0 Å². The summed E-state index contributed by atoms with van der Waals surface area (Å²) in [6, 6.07) is 19.7. The third kappa shape index (κ3) is 6.24. The highest BCUT2D eigenvalue weighted by Gasteiger charge is 2.10. The van der Waals surface area contributed by atoms with Crippen LogP contribution < -0.4 is 5.32 Å². The lowest BCUT2D eigenvalue weighted by Crippen LogP contribution is -2.31. The Morgan fingerprint density at radius 1 is 1.00 bits per heavy atom. The Balaban J connectivity index is 1.63. The van der Waals surface area contributed by atoms with Crippen LogP contribution in [0.3, 0.4) is 0 Å². The fourth-order valence-electron chi connectivity index (χ4n) is 2.33. The van der Waals surface area contributed by atoms with Crippen LogP contribution in [0.4, 0.5) is 0 Å². The molecule has 0 heterocycles. The van der Waals surface area contributed by atoms with Crippen LogP contribution in [0, 0.1) is 0 Å². The van der Waals surface area contributed by atoms with Gasteiger partial charge in [-0.2, -0.15) is 0 Å². The summed E-state index contributed by atoms with van der Waals surface area (Å²) in [6.07, 6.45) is 0.893. The Labute approximate surface area is 142 Å². The van der Waals surface area contributed by atoms with Crippen LogP contribution in [0.5, 0.6) is 0 Å². The molecular weight excluding hydrogens is 302 g/mol. The fourth-order valence-corrected chi connectivity index (χ4v) is 2.33. The maximum atomic E-state index is 11.8. The Morgan fingerprint density at radius 2 is 1.62 bits per heavy atom. The topological polar surface area (TPSA) is 55.4 Å². The summed E-state index contributed by atoms with van der Waals surface area (Å²) >= 11 is 0. The number of esters is 1. The van der Waals surface area contributed by atoms with Gasteiger partial charge in [0.25, 0.3) is 5.91 Å². The van der Waals surface area contributed by atoms with Gasteiger partial charge in [0.1, 0.15) is 0 Å². The first kappa shape index (κ1) is 17.7. The minimum atomic E-state index is -0.356. The van der Waals surface area contributed by atoms with E-state index in [4.69, 9.17) is 4.74 Å². The zero-order valence-corrected chi connectivity index (χ0v) is 13.9. The summed E-state index contributed by atoms with van der Waals surface area (Å²) in [7, 11) is 0. The summed E-state index contributed by atoms with van der Waals surface area (Å²) in [5.74, 6) is -0.417. The molecule has 0 bridgehead atoms. The number of aryl methyl sites for hydroxylation is 1. The van der Waals surface area contributed by atoms with Crippen molar-refractivity contribution >= 4 is 11.9 Å². The fraction of sp³-hybridized carbons (Fsp3) is 0.300. The highest BCUT2D eigenvalue weighted by Crippen LogP contribution is 2.12. The standard InChI is InChI=1S/C20H23NO3/c1-16(18-10-6-3-7-11-18)14-21-19(22)15-24-20(23)13-12-17-8-4-2-5-9-17/h2-11,16H,12-15H2,1H3,(H,21,22)/t16-/m0/s1. The summed E-state index contributed by atoms with van der Waals surface area (Å²) < 4.78 is 5.01. The van der Waals surface area contributed by atoms with E-state index in [-0.39, 0.29) is 30.8 Å². The highest BCUT2D eigenvalue weighted by molar-refractivity contribution is 5.80. The second-order valence-corrected chi connectivity index (χ2v) is 5.76. The van der Waals surface area contributed by atoms with Gasteiger partial charge in [0, 0.05) is 13.0 Å². The molecule has 0 unspecified atom stereocenters. The molecule has 126 valence electrons. The van der Waals surface area contributed by atoms with Gasteiger partial charge in [-0.3, -0.25) is 9.59 Å². The largest absolute Gasteiger partial charge is 0.456 e. The van der Waals surface area contributed by atoms with E-state index in [9.17, 15) is 9.59 Å². The third-order valence-electron chi connectivity index (χ3n) is 3.80. The molecule has 1 amide bonds. The summed E-state index contributed by atoms with van der Waals surface area (Å²) in [6.45, 7) is 2.33. The second kappa shape index (κ2) is 9.50. The number of benzene rings is 2. The molecule has 2 aromatic rings. The molecule has 4 nitrogen and oxygen atoms in total. The molecule has 0 aliphatic heterocycles. The molecule has 1 N–H and O–H groups in total. The van der Waals surface area contributed by atoms with E-state index < -0.39 is 0 Å². The van der Waals surface area contributed by atoms with Crippen molar-refractivity contribution in [3.8, 4) is 0 Å². The molecule has 0 aromatic heterocycles. The Morgan fingerprint density at radius 3 is 2.29 bits per heavy atom. The van der Waals surface area contributed by atoms with Gasteiger partial charge >= 0.3 is 5.97 Å². The van der Waals surface area contributed by atoms with Crippen LogP contribution in [0.25, 0.3) is 0 Å². The van der Waals surface area contributed by atoms with Crippen LogP contribution in [0.2, 0.25) is 0 Å². The van der Waals surface area contributed by atoms with Gasteiger partial charge in [0.05, 0.1) is 0 Å². The monoisotopic (exact) mass is 325 g/mol. The smallest absolute Gasteiger partial charge is 0.306 e. The Bertz CT molecular complexity index is 640. The van der Waals surface area contributed by atoms with Crippen LogP contribution in [0.1, 0.15) is 30.4 Å². The quantitative estimate of drug-likeness (QED) is 0.759. The van der Waals surface area contributed by atoms with Crippen molar-refractivity contribution in [2.75, 3.05) is 13.2 Å². The van der Waals surface area contributed by atoms with E-state index in [0.717, 1.165) is 11.1 Å². The number of hydrogen-bond acceptors (Lipinski definition) is 3. The van der Waals surface area contributed by atoms with Crippen molar-refractivity contribution in [2.24, 2.45) is 0 Å². The lowest BCUT2D eigenvalue weighted by Gasteiger charge is -2.13. The van der Waals surface area contributed by atoms with E-state index in [1.165, 1.54) is 0 Å². The van der Waals surface area contributed by atoms with Crippen molar-refractivity contribution in [2.45, 2.75) is 25.7 Å². The predicted octanol–water partition coefficient (Wildman–Crippen LogP) is 3.08. The van der Waals surface area contributed by atoms with Crippen molar-refractivity contribution in [3.63, 3.8) is 0 Å². The second-order valence-electron chi connectivity index (χ2n) is 5.76. The van der Waals surface area contributed by atoms with E-state index in [1.807, 2.05) is 67.6 Å². The highest BCUT2D eigenvalue weighted by atomic mass is 16.5. The van der Waals surface area contributed by atoms with Crippen molar-refractivity contribution in [3.05, 3.63) is 71.8 Å². The average molecular weight is 325 g/mol. The molecule has 0 saturated carbocycles. The normalized spacial score (nSPS) is 11.5. The molecule has 24 heavy (non-hydrogen) atoms. The molecule has 0 radical (unpaired) electrons. The zero-order chi connectivity index (χ0) is 17.2. The maximum Gasteiger partial charge on any atom is 0.306 e. The van der Waals surface area contributed by atoms with Gasteiger partial charge in [0.15, 0.2) is 6.61 Å². The first-order valence-corrected chi connectivity index (χ1v) is 8.16. The molecule has 0 saturated heterocycles. The number of nitrogens with one attached hydrogen (secondary N) is 1. The summed E-state index contributed by atoms with van der Waals surface area (Å²) in [4.78, 5) is 23.4. The Hall–Kier alpha value is -2.62. The number of carbonyl (C=O) groups excluding carboxylic acids is 2. The number of carbonyl (C=O) groups is 2. The van der Waals surface area contributed by atoms with Crippen LogP contribution in [-0.4, -0.2) is 25.0 Å². The van der Waals surface area contributed by atoms with E-state index >= 15 is 0 Å². The lowest BCUT2D eigenvalue weighted by molar-refractivity contribution is -0.148. The molecule has 2 aromatic carbocycles. The number of ether oxygens (including phenoxy) is 1. The van der Waals surface area contributed by atoms with Crippen molar-refractivity contribution in [1.82, 2.24) is 5.32 Å². The molecule has 4 heteroatoms. The minimum Gasteiger partial charge on any atom is -0.456 e. The molecule has 0 fully saturated rings. The number of rotatable bonds is 8. The van der Waals surface area contributed by atoms with Gasteiger partial charge in [-0.15, -0.1) is 0 Å². The molecule has 0 spiro atoms. The SMILES string of the molecule is C[C@@H](CNC(=O)COC(=O)CCc1ccccc1)c1ccccc1. The summed E-state index contributed by atoms with van der Waals surface area (Å²) in [5, 5.41) is 2.79. The molecule has 1 atom stereocenters. The van der Waals surface area contributed by atoms with Gasteiger partial charge in [-0.25, -0.2) is 0 Å². The summed E-state index contributed by atoms with van der Waals surface area (Å²) in [5.41, 5.74) is 2.24. The zero-order valence-electron chi connectivity index (χ0n) is 13.9. The average Bonchev–Trinajstić information content (AvgIpc) is 2.64. The molecule has 2 rings (SSSR count). The number of hydrogen-bond donors (Lipinski definition) is 1. The third-order valence-corrected chi connectivity index (χ3v) is 3.80. The van der Waals surface area contributed by atoms with Crippen LogP contribution in [-0.2, 0) is 20.7 Å². The molecular formula is C20H23NO3. The lowest BCUT2D eigenvalue weighted by atomic mass is 10.0.